The molecule has 0 amide bonds. The Labute approximate surface area is 93.3 Å². The summed E-state index contributed by atoms with van der Waals surface area (Å²) in [6, 6.07) is 0. The lowest BCUT2D eigenvalue weighted by Gasteiger charge is -2.37. The Hall–Kier alpha value is -0.540. The maximum absolute atomic E-state index is 4.30. The smallest absolute Gasteiger partial charge is 0.0303 e. The van der Waals surface area contributed by atoms with E-state index in [9.17, 15) is 0 Å². The molecule has 2 aliphatic rings. The highest BCUT2D eigenvalue weighted by molar-refractivity contribution is 5.04. The topological polar surface area (TPSA) is 9.72 Å². The number of rotatable bonds is 2. The number of hydrogen-bond donors (Lipinski definition) is 0. The van der Waals surface area contributed by atoms with Crippen LogP contribution in [-0.2, 0) is 0 Å². The van der Waals surface area contributed by atoms with E-state index in [1.54, 1.807) is 0 Å². The van der Waals surface area contributed by atoms with E-state index >= 15 is 0 Å². The van der Waals surface area contributed by atoms with Crippen LogP contribution >= 0.6 is 0 Å². The lowest BCUT2D eigenvalue weighted by Crippen LogP contribution is -2.44. The van der Waals surface area contributed by atoms with E-state index in [1.807, 2.05) is 0 Å². The molecule has 0 N–H and O–H groups in total. The van der Waals surface area contributed by atoms with Gasteiger partial charge in [0.1, 0.15) is 0 Å². The lowest BCUT2D eigenvalue weighted by atomic mass is 10.0. The van der Waals surface area contributed by atoms with E-state index in [0.717, 1.165) is 13.1 Å². The standard InChI is InChI=1S/C12H23N3/c1-11(12-4-5-14(3)10-12)15-8-6-13(2)7-9-15/h12H,1,4-10H2,2-3H3/t12-/m1/s1. The van der Waals surface area contributed by atoms with Crippen LogP contribution in [0.15, 0.2) is 12.3 Å². The van der Waals surface area contributed by atoms with Gasteiger partial charge in [0, 0.05) is 44.3 Å². The zero-order valence-electron chi connectivity index (χ0n) is 10.1. The van der Waals surface area contributed by atoms with E-state index in [4.69, 9.17) is 0 Å². The van der Waals surface area contributed by atoms with Crippen LogP contribution in [0.2, 0.25) is 0 Å². The molecule has 0 saturated carbocycles. The second-order valence-corrected chi connectivity index (χ2v) is 5.03. The van der Waals surface area contributed by atoms with Crippen LogP contribution in [0.4, 0.5) is 0 Å². The van der Waals surface area contributed by atoms with Crippen molar-refractivity contribution in [3.05, 3.63) is 12.3 Å². The summed E-state index contributed by atoms with van der Waals surface area (Å²) in [5, 5.41) is 0. The van der Waals surface area contributed by atoms with Crippen molar-refractivity contribution in [2.75, 3.05) is 53.4 Å². The summed E-state index contributed by atoms with van der Waals surface area (Å²) in [5.74, 6) is 0.707. The minimum atomic E-state index is 0.707. The van der Waals surface area contributed by atoms with E-state index in [-0.39, 0.29) is 0 Å². The molecule has 2 aliphatic heterocycles. The molecule has 3 heteroatoms. The molecule has 2 rings (SSSR count). The van der Waals surface area contributed by atoms with Crippen molar-refractivity contribution >= 4 is 0 Å². The molecule has 0 radical (unpaired) electrons. The quantitative estimate of drug-likeness (QED) is 0.663. The van der Waals surface area contributed by atoms with Crippen molar-refractivity contribution in [2.45, 2.75) is 6.42 Å². The Morgan fingerprint density at radius 1 is 1.00 bits per heavy atom. The first-order valence-corrected chi connectivity index (χ1v) is 5.97. The Morgan fingerprint density at radius 3 is 2.20 bits per heavy atom. The second kappa shape index (κ2) is 4.54. The van der Waals surface area contributed by atoms with E-state index in [0.29, 0.717) is 5.92 Å². The van der Waals surface area contributed by atoms with Crippen molar-refractivity contribution in [2.24, 2.45) is 5.92 Å². The largest absolute Gasteiger partial charge is 0.372 e. The minimum Gasteiger partial charge on any atom is -0.372 e. The molecule has 2 saturated heterocycles. The maximum atomic E-state index is 4.30. The fourth-order valence-corrected chi connectivity index (χ4v) is 2.56. The van der Waals surface area contributed by atoms with Crippen molar-refractivity contribution in [1.82, 2.24) is 14.7 Å². The third kappa shape index (κ3) is 2.52. The van der Waals surface area contributed by atoms with Gasteiger partial charge in [-0.2, -0.15) is 0 Å². The molecule has 1 atom stereocenters. The Bertz CT molecular complexity index is 231. The molecule has 86 valence electrons. The highest BCUT2D eigenvalue weighted by Crippen LogP contribution is 2.24. The molecule has 3 nitrogen and oxygen atoms in total. The van der Waals surface area contributed by atoms with Crippen molar-refractivity contribution in [1.29, 1.82) is 0 Å². The molecule has 0 aromatic rings. The van der Waals surface area contributed by atoms with Crippen LogP contribution in [0.1, 0.15) is 6.42 Å². The van der Waals surface area contributed by atoms with Gasteiger partial charge in [-0.25, -0.2) is 0 Å². The van der Waals surface area contributed by atoms with Gasteiger partial charge < -0.3 is 14.7 Å². The predicted octanol–water partition coefficient (Wildman–Crippen LogP) is 0.699. The molecule has 0 spiro atoms. The normalized spacial score (nSPS) is 29.7. The van der Waals surface area contributed by atoms with Crippen molar-refractivity contribution < 1.29 is 0 Å². The van der Waals surface area contributed by atoms with Crippen LogP contribution < -0.4 is 0 Å². The van der Waals surface area contributed by atoms with E-state index < -0.39 is 0 Å². The van der Waals surface area contributed by atoms with Gasteiger partial charge >= 0.3 is 0 Å². The van der Waals surface area contributed by atoms with E-state index in [1.165, 1.54) is 38.3 Å². The molecular formula is C12H23N3. The zero-order valence-corrected chi connectivity index (χ0v) is 10.1. The molecule has 2 heterocycles. The van der Waals surface area contributed by atoms with Gasteiger partial charge in [0.2, 0.25) is 0 Å². The number of piperazine rings is 1. The predicted molar refractivity (Wildman–Crippen MR) is 63.8 cm³/mol. The second-order valence-electron chi connectivity index (χ2n) is 5.03. The molecule has 0 aromatic carbocycles. The van der Waals surface area contributed by atoms with Gasteiger partial charge in [0.25, 0.3) is 0 Å². The van der Waals surface area contributed by atoms with Gasteiger partial charge in [-0.1, -0.05) is 6.58 Å². The molecule has 2 fully saturated rings. The molecule has 15 heavy (non-hydrogen) atoms. The van der Waals surface area contributed by atoms with Crippen LogP contribution in [0.25, 0.3) is 0 Å². The summed E-state index contributed by atoms with van der Waals surface area (Å²) in [6.07, 6.45) is 1.29. The van der Waals surface area contributed by atoms with Crippen LogP contribution in [0.5, 0.6) is 0 Å². The number of nitrogens with zero attached hydrogens (tertiary/aromatic N) is 3. The number of likely N-dealkylation sites (N-methyl/N-ethyl adjacent to an activating group) is 1. The van der Waals surface area contributed by atoms with Gasteiger partial charge in [-0.3, -0.25) is 0 Å². The molecule has 0 bridgehead atoms. The minimum absolute atomic E-state index is 0.707. The Kier molecular flexibility index (Phi) is 3.32. The molecule has 0 aromatic heterocycles. The van der Waals surface area contributed by atoms with Gasteiger partial charge in [-0.05, 0) is 27.1 Å². The van der Waals surface area contributed by atoms with Crippen LogP contribution in [0.3, 0.4) is 0 Å². The fourth-order valence-electron chi connectivity index (χ4n) is 2.56. The van der Waals surface area contributed by atoms with Gasteiger partial charge in [-0.15, -0.1) is 0 Å². The van der Waals surface area contributed by atoms with Gasteiger partial charge in [0.15, 0.2) is 0 Å². The highest BCUT2D eigenvalue weighted by atomic mass is 15.3. The summed E-state index contributed by atoms with van der Waals surface area (Å²) in [6.45, 7) is 11.4. The monoisotopic (exact) mass is 209 g/mol. The van der Waals surface area contributed by atoms with Gasteiger partial charge in [0.05, 0.1) is 0 Å². The van der Waals surface area contributed by atoms with Crippen LogP contribution in [-0.4, -0.2) is 68.1 Å². The van der Waals surface area contributed by atoms with Crippen molar-refractivity contribution in [3.63, 3.8) is 0 Å². The third-order valence-electron chi connectivity index (χ3n) is 3.77. The molecule has 0 unspecified atom stereocenters. The van der Waals surface area contributed by atoms with Crippen LogP contribution in [0, 0.1) is 5.92 Å². The first kappa shape index (κ1) is 11.0. The zero-order chi connectivity index (χ0) is 10.8. The fraction of sp³-hybridized carbons (Fsp3) is 0.833. The molecular weight excluding hydrogens is 186 g/mol. The maximum Gasteiger partial charge on any atom is 0.0303 e. The first-order valence-electron chi connectivity index (χ1n) is 5.97. The average molecular weight is 209 g/mol. The SMILES string of the molecule is C=C([C@@H]1CCN(C)C1)N1CCN(C)CC1. The Morgan fingerprint density at radius 2 is 1.67 bits per heavy atom. The first-order chi connectivity index (χ1) is 7.16. The number of hydrogen-bond acceptors (Lipinski definition) is 3. The Balaban J connectivity index is 1.85. The summed E-state index contributed by atoms with van der Waals surface area (Å²) in [5.41, 5.74) is 1.38. The average Bonchev–Trinajstić information content (AvgIpc) is 2.65. The number of likely N-dealkylation sites (tertiary alicyclic amines) is 1. The molecule has 0 aliphatic carbocycles. The van der Waals surface area contributed by atoms with Crippen molar-refractivity contribution in [3.8, 4) is 0 Å². The van der Waals surface area contributed by atoms with E-state index in [2.05, 4.69) is 35.4 Å². The third-order valence-corrected chi connectivity index (χ3v) is 3.77. The summed E-state index contributed by atoms with van der Waals surface area (Å²) in [7, 11) is 4.40. The summed E-state index contributed by atoms with van der Waals surface area (Å²) >= 11 is 0. The summed E-state index contributed by atoms with van der Waals surface area (Å²) < 4.78 is 0. The summed E-state index contributed by atoms with van der Waals surface area (Å²) in [4.78, 5) is 7.29. The lowest BCUT2D eigenvalue weighted by molar-refractivity contribution is 0.173. The highest BCUT2D eigenvalue weighted by Gasteiger charge is 2.26.